The number of aryl methyl sites for hydroxylation is 1. The Balaban J connectivity index is 1.26. The van der Waals surface area contributed by atoms with Gasteiger partial charge in [-0.15, -0.1) is 0 Å². The molecule has 4 aromatic rings. The zero-order valence-electron chi connectivity index (χ0n) is 17.5. The maximum atomic E-state index is 13.6. The Labute approximate surface area is 194 Å². The Kier molecular flexibility index (Phi) is 4.66. The van der Waals surface area contributed by atoms with Crippen LogP contribution in [0.3, 0.4) is 0 Å². The van der Waals surface area contributed by atoms with Gasteiger partial charge in [-0.25, -0.2) is 4.98 Å². The van der Waals surface area contributed by atoms with E-state index >= 15 is 0 Å². The topological polar surface area (TPSA) is 67.2 Å². The minimum atomic E-state index is 0.0300. The average molecular weight is 465 g/mol. The molecule has 162 valence electrons. The Morgan fingerprint density at radius 1 is 1.12 bits per heavy atom. The van der Waals surface area contributed by atoms with E-state index in [-0.39, 0.29) is 5.91 Å². The minimum absolute atomic E-state index is 0.0300. The number of anilines is 1. The van der Waals surface area contributed by atoms with E-state index in [9.17, 15) is 4.79 Å². The first kappa shape index (κ1) is 19.7. The lowest BCUT2D eigenvalue weighted by molar-refractivity contribution is 0.0592. The van der Waals surface area contributed by atoms with E-state index in [2.05, 4.69) is 15.1 Å². The van der Waals surface area contributed by atoms with Crippen LogP contribution in [0.5, 0.6) is 0 Å². The van der Waals surface area contributed by atoms with Gasteiger partial charge in [0.1, 0.15) is 0 Å². The number of hydrogen-bond donors (Lipinski definition) is 0. The van der Waals surface area contributed by atoms with Gasteiger partial charge in [0, 0.05) is 30.6 Å². The summed E-state index contributed by atoms with van der Waals surface area (Å²) in [6.07, 6.45) is 4.25. The summed E-state index contributed by atoms with van der Waals surface area (Å²) in [6, 6.07) is 11.9. The predicted octanol–water partition coefficient (Wildman–Crippen LogP) is 4.19. The van der Waals surface area contributed by atoms with E-state index in [1.54, 1.807) is 23.7 Å². The van der Waals surface area contributed by atoms with Crippen LogP contribution in [-0.2, 0) is 0 Å². The highest BCUT2D eigenvalue weighted by atomic mass is 35.5. The molecule has 2 fully saturated rings. The Bertz CT molecular complexity index is 1320. The highest BCUT2D eigenvalue weighted by Gasteiger charge is 2.45. The Morgan fingerprint density at radius 2 is 1.97 bits per heavy atom. The zero-order chi connectivity index (χ0) is 21.8. The molecule has 0 bridgehead atoms. The molecule has 0 spiro atoms. The number of likely N-dealkylation sites (tertiary alicyclic amines) is 1. The number of nitrogens with zero attached hydrogens (tertiary/aromatic N) is 6. The van der Waals surface area contributed by atoms with Gasteiger partial charge in [-0.2, -0.15) is 15.0 Å². The normalized spacial score (nSPS) is 20.3. The first-order valence-electron chi connectivity index (χ1n) is 10.7. The smallest absolute Gasteiger partial charge is 0.256 e. The van der Waals surface area contributed by atoms with Crippen molar-refractivity contribution in [2.45, 2.75) is 19.4 Å². The van der Waals surface area contributed by atoms with Gasteiger partial charge in [0.2, 0.25) is 0 Å². The van der Waals surface area contributed by atoms with E-state index in [1.165, 1.54) is 4.80 Å². The van der Waals surface area contributed by atoms with Crippen LogP contribution in [0.15, 0.2) is 48.8 Å². The molecule has 9 heteroatoms. The monoisotopic (exact) mass is 464 g/mol. The lowest BCUT2D eigenvalue weighted by atomic mass is 9.82. The molecule has 0 radical (unpaired) electrons. The number of thiazole rings is 1. The van der Waals surface area contributed by atoms with Crippen molar-refractivity contribution in [2.24, 2.45) is 5.92 Å². The fourth-order valence-corrected chi connectivity index (χ4v) is 6.02. The maximum Gasteiger partial charge on any atom is 0.256 e. The zero-order valence-corrected chi connectivity index (χ0v) is 19.1. The summed E-state index contributed by atoms with van der Waals surface area (Å²) in [6.45, 7) is 4.45. The summed E-state index contributed by atoms with van der Waals surface area (Å²) < 4.78 is 1.09. The summed E-state index contributed by atoms with van der Waals surface area (Å²) in [5.41, 5.74) is 3.36. The third-order valence-electron chi connectivity index (χ3n) is 6.44. The summed E-state index contributed by atoms with van der Waals surface area (Å²) in [5, 5.41) is 10.2. The molecule has 4 heterocycles. The van der Waals surface area contributed by atoms with Crippen LogP contribution in [0.25, 0.3) is 15.9 Å². The number of hydrogen-bond acceptors (Lipinski definition) is 6. The van der Waals surface area contributed by atoms with Crippen LogP contribution in [0.1, 0.15) is 22.3 Å². The number of benzene rings is 2. The van der Waals surface area contributed by atoms with E-state index in [1.807, 2.05) is 48.2 Å². The first-order chi connectivity index (χ1) is 15.6. The van der Waals surface area contributed by atoms with Crippen molar-refractivity contribution < 1.29 is 4.79 Å². The van der Waals surface area contributed by atoms with Gasteiger partial charge in [-0.05, 0) is 43.7 Å². The number of carbonyl (C=O) groups is 1. The quantitative estimate of drug-likeness (QED) is 0.454. The summed E-state index contributed by atoms with van der Waals surface area (Å²) in [7, 11) is 0. The van der Waals surface area contributed by atoms with Crippen molar-refractivity contribution >= 4 is 44.2 Å². The molecule has 2 aromatic carbocycles. The summed E-state index contributed by atoms with van der Waals surface area (Å²) in [4.78, 5) is 24.2. The van der Waals surface area contributed by atoms with Crippen LogP contribution >= 0.6 is 22.9 Å². The third-order valence-corrected chi connectivity index (χ3v) is 7.73. The van der Waals surface area contributed by atoms with Gasteiger partial charge in [0.05, 0.1) is 39.9 Å². The summed E-state index contributed by atoms with van der Waals surface area (Å²) >= 11 is 7.82. The molecular formula is C23H21ClN6OS. The number of piperidine rings is 1. The molecule has 2 atom stereocenters. The number of carbonyl (C=O) groups excluding carboxylic acids is 1. The van der Waals surface area contributed by atoms with Gasteiger partial charge in [0.15, 0.2) is 5.13 Å². The minimum Gasteiger partial charge on any atom is -0.343 e. The maximum absolute atomic E-state index is 13.6. The molecule has 1 amide bonds. The van der Waals surface area contributed by atoms with Crippen molar-refractivity contribution in [3.05, 3.63) is 64.9 Å². The highest BCUT2D eigenvalue weighted by molar-refractivity contribution is 7.22. The van der Waals surface area contributed by atoms with Crippen LogP contribution in [0.4, 0.5) is 5.13 Å². The van der Waals surface area contributed by atoms with Crippen molar-refractivity contribution in [2.75, 3.05) is 24.5 Å². The number of aromatic nitrogens is 4. The number of amides is 1. The molecule has 0 N–H and O–H groups in total. The van der Waals surface area contributed by atoms with Gasteiger partial charge in [-0.3, -0.25) is 4.79 Å². The van der Waals surface area contributed by atoms with Crippen LogP contribution < -0.4 is 4.90 Å². The lowest BCUT2D eigenvalue weighted by Crippen LogP contribution is -2.65. The van der Waals surface area contributed by atoms with Gasteiger partial charge < -0.3 is 9.80 Å². The van der Waals surface area contributed by atoms with Crippen LogP contribution in [-0.4, -0.2) is 56.5 Å². The standard InChI is InChI=1S/C23H21ClN6OS/c1-14-2-5-19(30-25-7-8-26-30)17(10-14)22(31)28-9-6-15-12-29(20(15)13-28)23-27-18-4-3-16(24)11-21(18)32-23/h2-5,7-8,10-11,15,20H,6,9,12-13H2,1H3/t15-,20-/m0/s1. The Hall–Kier alpha value is -2.97. The molecule has 0 saturated carbocycles. The van der Waals surface area contributed by atoms with Gasteiger partial charge in [0.25, 0.3) is 5.91 Å². The number of rotatable bonds is 3. The van der Waals surface area contributed by atoms with Crippen molar-refractivity contribution in [1.29, 1.82) is 0 Å². The number of halogens is 1. The molecule has 0 unspecified atom stereocenters. The third kappa shape index (κ3) is 3.25. The van der Waals surface area contributed by atoms with Gasteiger partial charge >= 0.3 is 0 Å². The second kappa shape index (κ2) is 7.56. The highest BCUT2D eigenvalue weighted by Crippen LogP contribution is 2.40. The molecule has 2 aromatic heterocycles. The molecule has 0 aliphatic carbocycles. The molecule has 6 rings (SSSR count). The predicted molar refractivity (Wildman–Crippen MR) is 126 cm³/mol. The molecule has 2 saturated heterocycles. The molecule has 7 nitrogen and oxygen atoms in total. The van der Waals surface area contributed by atoms with Crippen LogP contribution in [0, 0.1) is 12.8 Å². The SMILES string of the molecule is Cc1ccc(-n2nccn2)c(C(=O)N2CC[C@H]3CN(c4nc5ccc(Cl)cc5s4)[C@H]3C2)c1. The molecule has 2 aliphatic heterocycles. The Morgan fingerprint density at radius 3 is 2.81 bits per heavy atom. The van der Waals surface area contributed by atoms with E-state index in [4.69, 9.17) is 16.6 Å². The number of fused-ring (bicyclic) bond motifs is 2. The van der Waals surface area contributed by atoms with E-state index < -0.39 is 0 Å². The largest absolute Gasteiger partial charge is 0.343 e. The van der Waals surface area contributed by atoms with Gasteiger partial charge in [-0.1, -0.05) is 34.6 Å². The van der Waals surface area contributed by atoms with Crippen molar-refractivity contribution in [3.8, 4) is 5.69 Å². The average Bonchev–Trinajstić information content (AvgIpc) is 3.44. The van der Waals surface area contributed by atoms with Crippen LogP contribution in [0.2, 0.25) is 5.02 Å². The molecular weight excluding hydrogens is 444 g/mol. The van der Waals surface area contributed by atoms with E-state index in [0.717, 1.165) is 45.4 Å². The second-order valence-electron chi connectivity index (χ2n) is 8.47. The molecule has 32 heavy (non-hydrogen) atoms. The van der Waals surface area contributed by atoms with E-state index in [0.29, 0.717) is 29.8 Å². The molecule has 2 aliphatic rings. The fraction of sp³-hybridized carbons (Fsp3) is 0.304. The van der Waals surface area contributed by atoms with Crippen molar-refractivity contribution in [1.82, 2.24) is 24.9 Å². The first-order valence-corrected chi connectivity index (χ1v) is 11.9. The van der Waals surface area contributed by atoms with Crippen molar-refractivity contribution in [3.63, 3.8) is 0 Å². The fourth-order valence-electron chi connectivity index (χ4n) is 4.72. The lowest BCUT2D eigenvalue weighted by Gasteiger charge is -2.53. The summed E-state index contributed by atoms with van der Waals surface area (Å²) in [5.74, 6) is 0.627. The second-order valence-corrected chi connectivity index (χ2v) is 9.91.